The molecular weight excluding hydrogens is 208 g/mol. The van der Waals surface area contributed by atoms with Gasteiger partial charge in [0.05, 0.1) is 25.9 Å². The maximum Gasteiger partial charge on any atom is 0.151 e. The van der Waals surface area contributed by atoms with Crippen LogP contribution in [0.1, 0.15) is 10.4 Å². The maximum atomic E-state index is 10.5. The van der Waals surface area contributed by atoms with Crippen LogP contribution in [0.15, 0.2) is 18.3 Å². The first kappa shape index (κ1) is 11.0. The van der Waals surface area contributed by atoms with Crippen LogP contribution in [0.4, 0.5) is 5.82 Å². The highest BCUT2D eigenvalue weighted by atomic mass is 16.5. The smallest absolute Gasteiger partial charge is 0.151 e. The van der Waals surface area contributed by atoms with Crippen LogP contribution in [0.2, 0.25) is 0 Å². The van der Waals surface area contributed by atoms with Crippen molar-refractivity contribution in [3.05, 3.63) is 23.9 Å². The first-order chi connectivity index (χ1) is 7.85. The van der Waals surface area contributed by atoms with E-state index in [-0.39, 0.29) is 12.6 Å². The number of morpholine rings is 1. The maximum absolute atomic E-state index is 10.5. The molecule has 86 valence electrons. The molecule has 1 aliphatic rings. The lowest BCUT2D eigenvalue weighted by Crippen LogP contribution is -2.48. The van der Waals surface area contributed by atoms with Gasteiger partial charge in [-0.1, -0.05) is 0 Å². The molecule has 0 aliphatic carbocycles. The lowest BCUT2D eigenvalue weighted by molar-refractivity contribution is 0.0723. The number of aromatic nitrogens is 1. The highest BCUT2D eigenvalue weighted by molar-refractivity contribution is 5.74. The zero-order chi connectivity index (χ0) is 11.4. The molecule has 1 N–H and O–H groups in total. The fourth-order valence-corrected chi connectivity index (χ4v) is 1.74. The third kappa shape index (κ3) is 2.20. The number of carbonyl (C=O) groups excluding carboxylic acids is 1. The van der Waals surface area contributed by atoms with Gasteiger partial charge in [0.15, 0.2) is 6.29 Å². The largest absolute Gasteiger partial charge is 0.394 e. The van der Waals surface area contributed by atoms with Gasteiger partial charge in [-0.2, -0.15) is 0 Å². The Hall–Kier alpha value is -1.46. The molecule has 0 saturated carbocycles. The number of hydrogen-bond donors (Lipinski definition) is 1. The summed E-state index contributed by atoms with van der Waals surface area (Å²) in [5.74, 6) is 0.771. The van der Waals surface area contributed by atoms with E-state index in [1.54, 1.807) is 12.1 Å². The predicted octanol–water partition coefficient (Wildman–Crippen LogP) is 0.0916. The topological polar surface area (TPSA) is 62.7 Å². The van der Waals surface area contributed by atoms with Gasteiger partial charge in [0.1, 0.15) is 5.82 Å². The van der Waals surface area contributed by atoms with Gasteiger partial charge in [-0.05, 0) is 12.1 Å². The van der Waals surface area contributed by atoms with Gasteiger partial charge < -0.3 is 14.7 Å². The second kappa shape index (κ2) is 5.05. The highest BCUT2D eigenvalue weighted by Gasteiger charge is 2.23. The van der Waals surface area contributed by atoms with E-state index in [1.807, 2.05) is 4.90 Å². The molecule has 0 amide bonds. The van der Waals surface area contributed by atoms with Crippen molar-refractivity contribution in [1.29, 1.82) is 0 Å². The minimum absolute atomic E-state index is 0.0388. The number of rotatable bonds is 3. The zero-order valence-corrected chi connectivity index (χ0v) is 8.87. The van der Waals surface area contributed by atoms with Crippen molar-refractivity contribution in [3.8, 4) is 0 Å². The molecule has 1 atom stereocenters. The number of carbonyl (C=O) groups is 1. The summed E-state index contributed by atoms with van der Waals surface area (Å²) in [6, 6.07) is 3.46. The summed E-state index contributed by atoms with van der Waals surface area (Å²) in [5, 5.41) is 9.22. The second-order valence-corrected chi connectivity index (χ2v) is 3.67. The monoisotopic (exact) mass is 222 g/mol. The van der Waals surface area contributed by atoms with E-state index in [1.165, 1.54) is 6.20 Å². The van der Waals surface area contributed by atoms with Crippen molar-refractivity contribution in [2.24, 2.45) is 0 Å². The number of pyridine rings is 1. The number of aliphatic hydroxyl groups is 1. The van der Waals surface area contributed by atoms with Crippen LogP contribution in [0.5, 0.6) is 0 Å². The first-order valence-corrected chi connectivity index (χ1v) is 5.21. The standard InChI is InChI=1S/C11H14N2O3/c14-6-9-1-2-11(12-5-9)13-3-4-16-8-10(13)7-15/h1-2,5-6,10,15H,3-4,7-8H2. The molecule has 2 rings (SSSR count). The molecule has 2 heterocycles. The van der Waals surface area contributed by atoms with Crippen LogP contribution < -0.4 is 4.90 Å². The summed E-state index contributed by atoms with van der Waals surface area (Å²) in [7, 11) is 0. The van der Waals surface area contributed by atoms with Crippen molar-refractivity contribution in [2.75, 3.05) is 31.3 Å². The summed E-state index contributed by atoms with van der Waals surface area (Å²) in [4.78, 5) is 16.7. The van der Waals surface area contributed by atoms with E-state index < -0.39 is 0 Å². The van der Waals surface area contributed by atoms with E-state index in [4.69, 9.17) is 4.74 Å². The molecule has 5 heteroatoms. The van der Waals surface area contributed by atoms with Crippen molar-refractivity contribution in [2.45, 2.75) is 6.04 Å². The molecule has 1 fully saturated rings. The fourth-order valence-electron chi connectivity index (χ4n) is 1.74. The fraction of sp³-hybridized carbons (Fsp3) is 0.455. The van der Waals surface area contributed by atoms with Crippen molar-refractivity contribution < 1.29 is 14.6 Å². The number of aliphatic hydroxyl groups excluding tert-OH is 1. The molecule has 0 aromatic carbocycles. The second-order valence-electron chi connectivity index (χ2n) is 3.67. The number of aldehydes is 1. The molecule has 1 unspecified atom stereocenters. The minimum atomic E-state index is -0.0525. The zero-order valence-electron chi connectivity index (χ0n) is 8.87. The van der Waals surface area contributed by atoms with Crippen LogP contribution in [0.25, 0.3) is 0 Å². The SMILES string of the molecule is O=Cc1ccc(N2CCOCC2CO)nc1. The Morgan fingerprint density at radius 1 is 1.62 bits per heavy atom. The van der Waals surface area contributed by atoms with E-state index >= 15 is 0 Å². The molecule has 16 heavy (non-hydrogen) atoms. The van der Waals surface area contributed by atoms with E-state index in [2.05, 4.69) is 4.98 Å². The molecule has 1 aromatic heterocycles. The number of anilines is 1. The Morgan fingerprint density at radius 3 is 3.12 bits per heavy atom. The van der Waals surface area contributed by atoms with E-state index in [0.29, 0.717) is 25.3 Å². The molecule has 0 radical (unpaired) electrons. The predicted molar refractivity (Wildman–Crippen MR) is 58.7 cm³/mol. The Morgan fingerprint density at radius 2 is 2.50 bits per heavy atom. The van der Waals surface area contributed by atoms with Gasteiger partial charge >= 0.3 is 0 Å². The summed E-state index contributed by atoms with van der Waals surface area (Å²) >= 11 is 0. The Balaban J connectivity index is 2.17. The van der Waals surface area contributed by atoms with Crippen LogP contribution in [0.3, 0.4) is 0 Å². The van der Waals surface area contributed by atoms with Gasteiger partial charge in [-0.25, -0.2) is 4.98 Å². The van der Waals surface area contributed by atoms with Crippen LogP contribution in [-0.2, 0) is 4.74 Å². The molecule has 5 nitrogen and oxygen atoms in total. The summed E-state index contributed by atoms with van der Waals surface area (Å²) in [6.45, 7) is 1.89. The van der Waals surface area contributed by atoms with Crippen molar-refractivity contribution in [3.63, 3.8) is 0 Å². The minimum Gasteiger partial charge on any atom is -0.394 e. The first-order valence-electron chi connectivity index (χ1n) is 5.21. The molecular formula is C11H14N2O3. The normalized spacial score (nSPS) is 20.8. The summed E-state index contributed by atoms with van der Waals surface area (Å²) < 4.78 is 5.28. The molecule has 1 aliphatic heterocycles. The number of nitrogens with zero attached hydrogens (tertiary/aromatic N) is 2. The Bertz CT molecular complexity index is 353. The van der Waals surface area contributed by atoms with Crippen LogP contribution in [0, 0.1) is 0 Å². The van der Waals surface area contributed by atoms with Gasteiger partial charge in [-0.3, -0.25) is 4.79 Å². The third-order valence-corrected chi connectivity index (χ3v) is 2.64. The van der Waals surface area contributed by atoms with Crippen molar-refractivity contribution >= 4 is 12.1 Å². The van der Waals surface area contributed by atoms with Crippen molar-refractivity contribution in [1.82, 2.24) is 4.98 Å². The van der Waals surface area contributed by atoms with Gasteiger partial charge in [0.2, 0.25) is 0 Å². The summed E-state index contributed by atoms with van der Waals surface area (Å²) in [5.41, 5.74) is 0.553. The molecule has 1 aromatic rings. The van der Waals surface area contributed by atoms with E-state index in [0.717, 1.165) is 12.1 Å². The van der Waals surface area contributed by atoms with Gasteiger partial charge in [0, 0.05) is 18.3 Å². The Kier molecular flexibility index (Phi) is 3.48. The average molecular weight is 222 g/mol. The number of ether oxygens (including phenoxy) is 1. The highest BCUT2D eigenvalue weighted by Crippen LogP contribution is 2.16. The van der Waals surface area contributed by atoms with Crippen LogP contribution >= 0.6 is 0 Å². The number of hydrogen-bond acceptors (Lipinski definition) is 5. The lowest BCUT2D eigenvalue weighted by Gasteiger charge is -2.35. The Labute approximate surface area is 93.7 Å². The van der Waals surface area contributed by atoms with Gasteiger partial charge in [0.25, 0.3) is 0 Å². The summed E-state index contributed by atoms with van der Waals surface area (Å²) in [6.07, 6.45) is 2.30. The molecule has 1 saturated heterocycles. The molecule has 0 spiro atoms. The van der Waals surface area contributed by atoms with Gasteiger partial charge in [-0.15, -0.1) is 0 Å². The molecule has 0 bridgehead atoms. The van der Waals surface area contributed by atoms with E-state index in [9.17, 15) is 9.90 Å². The lowest BCUT2D eigenvalue weighted by atomic mass is 10.2. The van der Waals surface area contributed by atoms with Crippen LogP contribution in [-0.4, -0.2) is 48.8 Å². The average Bonchev–Trinajstić information content (AvgIpc) is 2.39. The quantitative estimate of drug-likeness (QED) is 0.734. The third-order valence-electron chi connectivity index (χ3n) is 2.64.